The van der Waals surface area contributed by atoms with Crippen molar-refractivity contribution in [3.63, 3.8) is 0 Å². The van der Waals surface area contributed by atoms with E-state index < -0.39 is 10.8 Å². The minimum atomic E-state index is -0.542. The van der Waals surface area contributed by atoms with Gasteiger partial charge in [-0.3, -0.25) is 14.9 Å². The van der Waals surface area contributed by atoms with E-state index in [9.17, 15) is 14.9 Å². The Labute approximate surface area is 129 Å². The van der Waals surface area contributed by atoms with Crippen molar-refractivity contribution in [2.75, 3.05) is 0 Å². The second kappa shape index (κ2) is 6.60. The predicted molar refractivity (Wildman–Crippen MR) is 79.4 cm³/mol. The third kappa shape index (κ3) is 3.53. The lowest BCUT2D eigenvalue weighted by Crippen LogP contribution is -2.16. The van der Waals surface area contributed by atoms with Gasteiger partial charge >= 0.3 is 0 Å². The third-order valence-electron chi connectivity index (χ3n) is 2.63. The molecule has 0 saturated carbocycles. The van der Waals surface area contributed by atoms with Gasteiger partial charge in [-0.2, -0.15) is 10.4 Å². The highest BCUT2D eigenvalue weighted by Crippen LogP contribution is 2.23. The number of aromatic nitrogens is 1. The first-order valence-electron chi connectivity index (χ1n) is 5.95. The summed E-state index contributed by atoms with van der Waals surface area (Å²) in [4.78, 5) is 25.3. The topological polar surface area (TPSA) is 121 Å². The molecule has 2 rings (SSSR count). The lowest BCUT2D eigenvalue weighted by atomic mass is 10.1. The average molecular weight is 318 g/mol. The number of non-ortho nitro benzene ring substituents is 1. The van der Waals surface area contributed by atoms with E-state index >= 15 is 0 Å². The molecule has 1 aromatic carbocycles. The van der Waals surface area contributed by atoms with E-state index in [-0.39, 0.29) is 17.3 Å². The molecule has 0 fully saturated rings. The first-order valence-corrected chi connectivity index (χ1v) is 6.32. The Kier molecular flexibility index (Phi) is 4.60. The number of pyridine rings is 1. The van der Waals surface area contributed by atoms with Gasteiger partial charge in [-0.1, -0.05) is 11.6 Å². The molecule has 8 nitrogen and oxygen atoms in total. The molecular weight excluding hydrogens is 310 g/mol. The standard InChI is InChI=1S/C13H8ClN5O3/c14-13-9(7-16-18-12(20)3-4-15)5-8-1-2-10(19(21)22)6-11(8)17-13/h1-2,5-7H,3H2,(H,18,20)/b16-7-. The zero-order valence-electron chi connectivity index (χ0n) is 11.0. The van der Waals surface area contributed by atoms with Crippen molar-refractivity contribution in [1.29, 1.82) is 5.26 Å². The summed E-state index contributed by atoms with van der Waals surface area (Å²) in [6.07, 6.45) is 0.982. The summed E-state index contributed by atoms with van der Waals surface area (Å²) < 4.78 is 0. The number of hydrazone groups is 1. The minimum Gasteiger partial charge on any atom is -0.272 e. The van der Waals surface area contributed by atoms with Crippen LogP contribution < -0.4 is 5.43 Å². The molecule has 1 amide bonds. The quantitative estimate of drug-likeness (QED) is 0.401. The Balaban J connectivity index is 2.29. The first kappa shape index (κ1) is 15.3. The number of nitriles is 1. The van der Waals surface area contributed by atoms with Gasteiger partial charge in [0.05, 0.1) is 22.7 Å². The van der Waals surface area contributed by atoms with Gasteiger partial charge < -0.3 is 0 Å². The average Bonchev–Trinajstić information content (AvgIpc) is 2.47. The smallest absolute Gasteiger partial charge is 0.271 e. The molecule has 0 unspecified atom stereocenters. The van der Waals surface area contributed by atoms with E-state index in [1.165, 1.54) is 18.3 Å². The lowest BCUT2D eigenvalue weighted by molar-refractivity contribution is -0.384. The zero-order valence-corrected chi connectivity index (χ0v) is 11.7. The molecule has 0 spiro atoms. The molecule has 0 aliphatic carbocycles. The highest BCUT2D eigenvalue weighted by atomic mass is 35.5. The van der Waals surface area contributed by atoms with Crippen molar-refractivity contribution in [3.8, 4) is 6.07 Å². The maximum Gasteiger partial charge on any atom is 0.271 e. The van der Waals surface area contributed by atoms with Gasteiger partial charge in [-0.15, -0.1) is 0 Å². The van der Waals surface area contributed by atoms with E-state index in [0.717, 1.165) is 0 Å². The number of nitrogens with zero attached hydrogens (tertiary/aromatic N) is 4. The van der Waals surface area contributed by atoms with Crippen LogP contribution in [-0.2, 0) is 4.79 Å². The number of rotatable bonds is 4. The fraction of sp³-hybridized carbons (Fsp3) is 0.0769. The van der Waals surface area contributed by atoms with Crippen molar-refractivity contribution >= 4 is 40.3 Å². The van der Waals surface area contributed by atoms with Crippen LogP contribution in [0.1, 0.15) is 12.0 Å². The molecular formula is C13H8ClN5O3. The highest BCUT2D eigenvalue weighted by molar-refractivity contribution is 6.32. The molecule has 9 heteroatoms. The SMILES string of the molecule is N#CCC(=O)N/N=C\c1cc2ccc([N+](=O)[O-])cc2nc1Cl. The number of carbonyl (C=O) groups excluding carboxylic acids is 1. The van der Waals surface area contributed by atoms with Gasteiger partial charge in [0, 0.05) is 23.1 Å². The fourth-order valence-corrected chi connectivity index (χ4v) is 1.83. The van der Waals surface area contributed by atoms with Crippen LogP contribution in [0.25, 0.3) is 10.9 Å². The van der Waals surface area contributed by atoms with E-state index in [0.29, 0.717) is 16.5 Å². The Bertz CT molecular complexity index is 828. The number of carbonyl (C=O) groups is 1. The van der Waals surface area contributed by atoms with E-state index in [2.05, 4.69) is 15.5 Å². The van der Waals surface area contributed by atoms with Crippen LogP contribution in [0.5, 0.6) is 0 Å². The molecule has 22 heavy (non-hydrogen) atoms. The summed E-state index contributed by atoms with van der Waals surface area (Å²) in [6.45, 7) is 0. The van der Waals surface area contributed by atoms with Crippen molar-refractivity contribution in [2.24, 2.45) is 5.10 Å². The zero-order chi connectivity index (χ0) is 16.1. The van der Waals surface area contributed by atoms with Crippen molar-refractivity contribution in [3.05, 3.63) is 45.1 Å². The number of amides is 1. The number of nitrogens with one attached hydrogen (secondary N) is 1. The monoisotopic (exact) mass is 317 g/mol. The summed E-state index contributed by atoms with van der Waals surface area (Å²) in [6, 6.07) is 7.54. The van der Waals surface area contributed by atoms with Gasteiger partial charge in [0.15, 0.2) is 0 Å². The number of hydrogen-bond donors (Lipinski definition) is 1. The minimum absolute atomic E-state index is 0.0822. The number of fused-ring (bicyclic) bond motifs is 1. The number of hydrogen-bond acceptors (Lipinski definition) is 6. The third-order valence-corrected chi connectivity index (χ3v) is 2.93. The molecule has 2 aromatic rings. The number of benzene rings is 1. The van der Waals surface area contributed by atoms with Crippen molar-refractivity contribution in [2.45, 2.75) is 6.42 Å². The summed E-state index contributed by atoms with van der Waals surface area (Å²) >= 11 is 5.97. The normalized spacial score (nSPS) is 10.5. The van der Waals surface area contributed by atoms with Crippen LogP contribution >= 0.6 is 11.6 Å². The maximum absolute atomic E-state index is 11.1. The summed E-state index contributed by atoms with van der Waals surface area (Å²) in [5.74, 6) is -0.542. The molecule has 1 N–H and O–H groups in total. The molecule has 0 bridgehead atoms. The van der Waals surface area contributed by atoms with Crippen LogP contribution in [0.4, 0.5) is 5.69 Å². The van der Waals surface area contributed by atoms with E-state index in [4.69, 9.17) is 16.9 Å². The predicted octanol–water partition coefficient (Wildman–Crippen LogP) is 2.16. The van der Waals surface area contributed by atoms with Crippen LogP contribution in [0.15, 0.2) is 29.4 Å². The largest absolute Gasteiger partial charge is 0.272 e. The molecule has 0 atom stereocenters. The van der Waals surface area contributed by atoms with Gasteiger partial charge in [0.25, 0.3) is 11.6 Å². The molecule has 0 aliphatic rings. The second-order valence-electron chi connectivity index (χ2n) is 4.13. The van der Waals surface area contributed by atoms with Gasteiger partial charge in [0.2, 0.25) is 0 Å². The fourth-order valence-electron chi connectivity index (χ4n) is 1.64. The van der Waals surface area contributed by atoms with Gasteiger partial charge in [-0.25, -0.2) is 10.4 Å². The first-order chi connectivity index (χ1) is 10.5. The number of nitro groups is 1. The van der Waals surface area contributed by atoms with Crippen LogP contribution in [0, 0.1) is 21.4 Å². The highest BCUT2D eigenvalue weighted by Gasteiger charge is 2.09. The molecule has 0 radical (unpaired) electrons. The summed E-state index contributed by atoms with van der Waals surface area (Å²) in [5.41, 5.74) is 2.89. The van der Waals surface area contributed by atoms with Gasteiger partial charge in [0.1, 0.15) is 11.6 Å². The molecule has 0 aliphatic heterocycles. The number of halogens is 1. The van der Waals surface area contributed by atoms with Crippen molar-refractivity contribution < 1.29 is 9.72 Å². The van der Waals surface area contributed by atoms with Crippen molar-refractivity contribution in [1.82, 2.24) is 10.4 Å². The Morgan fingerprint density at radius 1 is 1.55 bits per heavy atom. The van der Waals surface area contributed by atoms with E-state index in [1.54, 1.807) is 18.2 Å². The Hall–Kier alpha value is -3.05. The van der Waals surface area contributed by atoms with Crippen LogP contribution in [0.3, 0.4) is 0 Å². The molecule has 1 heterocycles. The lowest BCUT2D eigenvalue weighted by Gasteiger charge is -2.02. The molecule has 1 aromatic heterocycles. The second-order valence-corrected chi connectivity index (χ2v) is 4.49. The van der Waals surface area contributed by atoms with Gasteiger partial charge in [-0.05, 0) is 12.1 Å². The maximum atomic E-state index is 11.1. The molecule has 0 saturated heterocycles. The summed E-state index contributed by atoms with van der Waals surface area (Å²) in [7, 11) is 0. The van der Waals surface area contributed by atoms with Crippen LogP contribution in [-0.4, -0.2) is 22.0 Å². The Morgan fingerprint density at radius 2 is 2.32 bits per heavy atom. The number of nitro benzene ring substituents is 1. The van der Waals surface area contributed by atoms with Crippen LogP contribution in [0.2, 0.25) is 5.15 Å². The summed E-state index contributed by atoms with van der Waals surface area (Å²) in [5, 5.41) is 23.4. The Morgan fingerprint density at radius 3 is 3.00 bits per heavy atom. The molecule has 110 valence electrons. The van der Waals surface area contributed by atoms with E-state index in [1.807, 2.05) is 0 Å².